The monoisotopic (exact) mass is 365 g/mol. The number of anilines is 1. The van der Waals surface area contributed by atoms with Gasteiger partial charge in [0, 0.05) is 17.3 Å². The Balaban J connectivity index is 1.82. The number of rotatable bonds is 3. The first kappa shape index (κ1) is 17.7. The van der Waals surface area contributed by atoms with Crippen molar-refractivity contribution in [3.8, 4) is 0 Å². The molecule has 0 radical (unpaired) electrons. The van der Waals surface area contributed by atoms with Gasteiger partial charge in [0.05, 0.1) is 19.2 Å². The fourth-order valence-corrected chi connectivity index (χ4v) is 4.89. The van der Waals surface area contributed by atoms with Crippen LogP contribution in [0, 0.1) is 5.92 Å². The highest BCUT2D eigenvalue weighted by Crippen LogP contribution is 2.37. The molecular weight excluding hydrogens is 342 g/mol. The van der Waals surface area contributed by atoms with Crippen molar-refractivity contribution in [1.29, 1.82) is 0 Å². The zero-order valence-corrected chi connectivity index (χ0v) is 15.1. The normalized spacial score (nSPS) is 17.7. The van der Waals surface area contributed by atoms with Crippen molar-refractivity contribution < 1.29 is 19.1 Å². The van der Waals surface area contributed by atoms with Crippen molar-refractivity contribution in [3.63, 3.8) is 0 Å². The van der Waals surface area contributed by atoms with Gasteiger partial charge in [0.1, 0.15) is 5.00 Å². The molecule has 0 unspecified atom stereocenters. The molecule has 8 heteroatoms. The first-order chi connectivity index (χ1) is 12.0. The van der Waals surface area contributed by atoms with E-state index in [1.807, 2.05) is 0 Å². The first-order valence-electron chi connectivity index (χ1n) is 8.59. The van der Waals surface area contributed by atoms with Gasteiger partial charge in [0.25, 0.3) is 5.91 Å². The standard InChI is InChI=1S/C17H23N3O4S/c1-24-17(23)20-8-7-11-12(9-20)25-16(13(11)14(18)21)19-15(22)10-5-3-2-4-6-10/h10H,2-9H2,1H3,(H2,18,21)(H,19,22). The van der Waals surface area contributed by atoms with E-state index >= 15 is 0 Å². The van der Waals surface area contributed by atoms with Crippen molar-refractivity contribution in [2.24, 2.45) is 11.7 Å². The minimum Gasteiger partial charge on any atom is -0.453 e. The lowest BCUT2D eigenvalue weighted by Crippen LogP contribution is -2.35. The van der Waals surface area contributed by atoms with E-state index < -0.39 is 12.0 Å². The first-order valence-corrected chi connectivity index (χ1v) is 9.41. The molecule has 0 spiro atoms. The van der Waals surface area contributed by atoms with E-state index in [0.29, 0.717) is 30.1 Å². The Bertz CT molecular complexity index is 694. The van der Waals surface area contributed by atoms with Crippen LogP contribution in [-0.4, -0.2) is 36.5 Å². The summed E-state index contributed by atoms with van der Waals surface area (Å²) in [5.41, 5.74) is 6.81. The number of thiophene rings is 1. The third-order valence-electron chi connectivity index (χ3n) is 4.95. The van der Waals surface area contributed by atoms with Crippen molar-refractivity contribution in [1.82, 2.24) is 4.90 Å². The van der Waals surface area contributed by atoms with Gasteiger partial charge in [-0.15, -0.1) is 11.3 Å². The van der Waals surface area contributed by atoms with Crippen LogP contribution < -0.4 is 11.1 Å². The molecular formula is C17H23N3O4S. The number of primary amides is 1. The zero-order chi connectivity index (χ0) is 18.0. The molecule has 136 valence electrons. The molecule has 1 aromatic rings. The van der Waals surface area contributed by atoms with Crippen LogP contribution in [0.15, 0.2) is 0 Å². The third kappa shape index (κ3) is 3.63. The number of nitrogens with two attached hydrogens (primary N) is 1. The third-order valence-corrected chi connectivity index (χ3v) is 6.08. The van der Waals surface area contributed by atoms with Crippen LogP contribution in [0.1, 0.15) is 52.9 Å². The summed E-state index contributed by atoms with van der Waals surface area (Å²) in [5, 5.41) is 3.43. The fourth-order valence-electron chi connectivity index (χ4n) is 3.62. The molecule has 2 aliphatic rings. The maximum Gasteiger partial charge on any atom is 0.409 e. The van der Waals surface area contributed by atoms with Gasteiger partial charge in [-0.3, -0.25) is 9.59 Å². The summed E-state index contributed by atoms with van der Waals surface area (Å²) in [6.45, 7) is 0.832. The lowest BCUT2D eigenvalue weighted by Gasteiger charge is -2.25. The van der Waals surface area contributed by atoms with Gasteiger partial charge in [-0.05, 0) is 24.8 Å². The summed E-state index contributed by atoms with van der Waals surface area (Å²) >= 11 is 1.33. The van der Waals surface area contributed by atoms with Crippen molar-refractivity contribution in [2.45, 2.75) is 45.1 Å². The fraction of sp³-hybridized carbons (Fsp3) is 0.588. The summed E-state index contributed by atoms with van der Waals surface area (Å²) in [6, 6.07) is 0. The highest BCUT2D eigenvalue weighted by Gasteiger charge is 2.31. The predicted octanol–water partition coefficient (Wildman–Crippen LogP) is 2.49. The highest BCUT2D eigenvalue weighted by atomic mass is 32.1. The van der Waals surface area contributed by atoms with E-state index in [0.717, 1.165) is 36.1 Å². The average Bonchev–Trinajstić information content (AvgIpc) is 2.98. The number of hydrogen-bond donors (Lipinski definition) is 2. The van der Waals surface area contributed by atoms with E-state index in [-0.39, 0.29) is 11.8 Å². The lowest BCUT2D eigenvalue weighted by molar-refractivity contribution is -0.120. The van der Waals surface area contributed by atoms with E-state index in [1.54, 1.807) is 4.90 Å². The van der Waals surface area contributed by atoms with Gasteiger partial charge >= 0.3 is 6.09 Å². The number of fused-ring (bicyclic) bond motifs is 1. The Labute approximate surface area is 150 Å². The van der Waals surface area contributed by atoms with Crippen molar-refractivity contribution in [3.05, 3.63) is 16.0 Å². The molecule has 0 atom stereocenters. The zero-order valence-electron chi connectivity index (χ0n) is 14.3. The number of methoxy groups -OCH3 is 1. The quantitative estimate of drug-likeness (QED) is 0.859. The van der Waals surface area contributed by atoms with Gasteiger partial charge < -0.3 is 20.7 Å². The van der Waals surface area contributed by atoms with Crippen LogP contribution in [0.5, 0.6) is 0 Å². The highest BCUT2D eigenvalue weighted by molar-refractivity contribution is 7.17. The van der Waals surface area contributed by atoms with Crippen molar-refractivity contribution >= 4 is 34.2 Å². The lowest BCUT2D eigenvalue weighted by atomic mass is 9.88. The number of ether oxygens (including phenoxy) is 1. The maximum atomic E-state index is 12.5. The molecule has 1 aliphatic heterocycles. The number of amides is 3. The van der Waals surface area contributed by atoms with Crippen LogP contribution in [0.25, 0.3) is 0 Å². The number of carbonyl (C=O) groups is 3. The second-order valence-electron chi connectivity index (χ2n) is 6.54. The summed E-state index contributed by atoms with van der Waals surface area (Å²) in [7, 11) is 1.34. The molecule has 0 saturated heterocycles. The topological polar surface area (TPSA) is 102 Å². The number of carbonyl (C=O) groups excluding carboxylic acids is 3. The second-order valence-corrected chi connectivity index (χ2v) is 7.64. The molecule has 2 heterocycles. The minimum absolute atomic E-state index is 0.000159. The molecule has 25 heavy (non-hydrogen) atoms. The second kappa shape index (κ2) is 7.43. The Morgan fingerprint density at radius 2 is 1.96 bits per heavy atom. The average molecular weight is 365 g/mol. The van der Waals surface area contributed by atoms with Crippen LogP contribution >= 0.6 is 11.3 Å². The van der Waals surface area contributed by atoms with E-state index in [4.69, 9.17) is 10.5 Å². The Hall–Kier alpha value is -2.09. The van der Waals surface area contributed by atoms with Crippen LogP contribution in [0.4, 0.5) is 9.80 Å². The Morgan fingerprint density at radius 1 is 1.24 bits per heavy atom. The van der Waals surface area contributed by atoms with Crippen LogP contribution in [0.2, 0.25) is 0 Å². The Kier molecular flexibility index (Phi) is 5.27. The largest absolute Gasteiger partial charge is 0.453 e. The predicted molar refractivity (Wildman–Crippen MR) is 94.6 cm³/mol. The van der Waals surface area contributed by atoms with E-state index in [9.17, 15) is 14.4 Å². The van der Waals surface area contributed by atoms with Gasteiger partial charge in [-0.1, -0.05) is 19.3 Å². The Morgan fingerprint density at radius 3 is 2.60 bits per heavy atom. The molecule has 7 nitrogen and oxygen atoms in total. The molecule has 1 aromatic heterocycles. The van der Waals surface area contributed by atoms with E-state index in [1.165, 1.54) is 24.9 Å². The van der Waals surface area contributed by atoms with Gasteiger partial charge in [-0.2, -0.15) is 0 Å². The van der Waals surface area contributed by atoms with Crippen LogP contribution in [0.3, 0.4) is 0 Å². The number of hydrogen-bond acceptors (Lipinski definition) is 5. The van der Waals surface area contributed by atoms with Gasteiger partial charge in [-0.25, -0.2) is 4.79 Å². The maximum absolute atomic E-state index is 12.5. The van der Waals surface area contributed by atoms with Gasteiger partial charge in [0.15, 0.2) is 0 Å². The molecule has 1 aliphatic carbocycles. The van der Waals surface area contributed by atoms with Crippen LogP contribution in [-0.2, 0) is 22.5 Å². The molecule has 1 saturated carbocycles. The van der Waals surface area contributed by atoms with Gasteiger partial charge in [0.2, 0.25) is 5.91 Å². The SMILES string of the molecule is COC(=O)N1CCc2c(sc(NC(=O)C3CCCCC3)c2C(N)=O)C1. The minimum atomic E-state index is -0.539. The number of nitrogens with one attached hydrogen (secondary N) is 1. The molecule has 1 fully saturated rings. The molecule has 3 rings (SSSR count). The van der Waals surface area contributed by atoms with Crippen molar-refractivity contribution in [2.75, 3.05) is 19.0 Å². The summed E-state index contributed by atoms with van der Waals surface area (Å²) < 4.78 is 4.76. The molecule has 3 N–H and O–H groups in total. The summed E-state index contributed by atoms with van der Waals surface area (Å²) in [4.78, 5) is 38.7. The molecule has 3 amide bonds. The molecule has 0 aromatic carbocycles. The summed E-state index contributed by atoms with van der Waals surface area (Å²) in [5.74, 6) is -0.575. The van der Waals surface area contributed by atoms with E-state index in [2.05, 4.69) is 5.32 Å². The smallest absolute Gasteiger partial charge is 0.409 e. The molecule has 0 bridgehead atoms. The number of nitrogens with zero attached hydrogens (tertiary/aromatic N) is 1. The summed E-state index contributed by atoms with van der Waals surface area (Å²) in [6.07, 6.45) is 5.21.